The van der Waals surface area contributed by atoms with Crippen molar-refractivity contribution in [2.45, 2.75) is 20.0 Å². The van der Waals surface area contributed by atoms with Gasteiger partial charge in [0.1, 0.15) is 5.01 Å². The quantitative estimate of drug-likeness (QED) is 0.547. The first-order chi connectivity index (χ1) is 13.4. The van der Waals surface area contributed by atoms with Crippen LogP contribution in [0.5, 0.6) is 11.6 Å². The minimum atomic E-state index is -0.690. The Balaban J connectivity index is 2.01. The zero-order valence-corrected chi connectivity index (χ0v) is 16.6. The van der Waals surface area contributed by atoms with Gasteiger partial charge < -0.3 is 14.6 Å². The molecule has 6 nitrogen and oxygen atoms in total. The van der Waals surface area contributed by atoms with Crippen LogP contribution in [0, 0.1) is 12.7 Å². The first-order valence-corrected chi connectivity index (χ1v) is 9.41. The van der Waals surface area contributed by atoms with Crippen LogP contribution in [0.25, 0.3) is 31.8 Å². The van der Waals surface area contributed by atoms with Crippen LogP contribution >= 0.6 is 11.3 Å². The van der Waals surface area contributed by atoms with E-state index in [0.717, 1.165) is 10.3 Å². The number of methoxy groups -OCH3 is 2. The lowest BCUT2D eigenvalue weighted by atomic mass is 10.0. The molecule has 144 valence electrons. The Morgan fingerprint density at radius 2 is 1.89 bits per heavy atom. The molecule has 8 heteroatoms. The third-order valence-corrected chi connectivity index (χ3v) is 5.64. The van der Waals surface area contributed by atoms with Gasteiger partial charge in [-0.25, -0.2) is 19.3 Å². The van der Waals surface area contributed by atoms with Gasteiger partial charge in [0.2, 0.25) is 5.88 Å². The highest BCUT2D eigenvalue weighted by molar-refractivity contribution is 7.21. The lowest BCUT2D eigenvalue weighted by Crippen LogP contribution is -1.97. The average molecular weight is 399 g/mol. The number of aryl methyl sites for hydroxylation is 1. The molecule has 0 aliphatic carbocycles. The summed E-state index contributed by atoms with van der Waals surface area (Å²) in [4.78, 5) is 13.6. The first-order valence-electron chi connectivity index (χ1n) is 8.59. The number of hydrogen-bond acceptors (Lipinski definition) is 7. The smallest absolute Gasteiger partial charge is 0.232 e. The summed E-state index contributed by atoms with van der Waals surface area (Å²) in [5.41, 5.74) is 3.64. The highest BCUT2D eigenvalue weighted by atomic mass is 32.1. The third-order valence-electron chi connectivity index (χ3n) is 4.61. The summed E-state index contributed by atoms with van der Waals surface area (Å²) in [7, 11) is 2.96. The third kappa shape index (κ3) is 2.94. The number of ether oxygens (including phenoxy) is 2. The predicted molar refractivity (Wildman–Crippen MR) is 107 cm³/mol. The van der Waals surface area contributed by atoms with Gasteiger partial charge in [0.25, 0.3) is 0 Å². The van der Waals surface area contributed by atoms with Crippen molar-refractivity contribution in [3.63, 3.8) is 0 Å². The van der Waals surface area contributed by atoms with Gasteiger partial charge in [-0.1, -0.05) is 0 Å². The summed E-state index contributed by atoms with van der Waals surface area (Å²) in [5, 5.41) is 10.8. The largest absolute Gasteiger partial charge is 0.494 e. The van der Waals surface area contributed by atoms with Crippen molar-refractivity contribution < 1.29 is 19.0 Å². The number of aliphatic hydroxyl groups is 1. The minimum Gasteiger partial charge on any atom is -0.494 e. The van der Waals surface area contributed by atoms with E-state index in [1.165, 1.54) is 31.8 Å². The first kappa shape index (κ1) is 18.5. The van der Waals surface area contributed by atoms with Crippen molar-refractivity contribution in [2.75, 3.05) is 14.2 Å². The number of benzene rings is 2. The molecule has 0 fully saturated rings. The molecule has 2 aromatic heterocycles. The fourth-order valence-electron chi connectivity index (χ4n) is 3.07. The van der Waals surface area contributed by atoms with Crippen molar-refractivity contribution in [2.24, 2.45) is 0 Å². The number of hydrogen-bond donors (Lipinski definition) is 1. The van der Waals surface area contributed by atoms with E-state index in [-0.39, 0.29) is 5.75 Å². The normalized spacial score (nSPS) is 12.5. The number of fused-ring (bicyclic) bond motifs is 2. The molecular formula is C20H18FN3O3S. The Bertz CT molecular complexity index is 1210. The number of rotatable bonds is 4. The maximum absolute atomic E-state index is 14.4. The number of nitrogens with zero attached hydrogens (tertiary/aromatic N) is 3. The Kier molecular flexibility index (Phi) is 4.60. The van der Waals surface area contributed by atoms with Gasteiger partial charge in [-0.3, -0.25) is 0 Å². The molecule has 0 amide bonds. The van der Waals surface area contributed by atoms with Crippen molar-refractivity contribution in [3.8, 4) is 22.2 Å². The van der Waals surface area contributed by atoms with E-state index < -0.39 is 11.9 Å². The Morgan fingerprint density at radius 1 is 1.11 bits per heavy atom. The highest BCUT2D eigenvalue weighted by Gasteiger charge is 2.19. The SMILES string of the molecule is COc1cnc2c(-c3nc4c(C)c(F)c(OC)cc4s3)cc(C(C)O)cc2n1. The molecule has 1 unspecified atom stereocenters. The molecule has 1 N–H and O–H groups in total. The molecular weight excluding hydrogens is 381 g/mol. The molecule has 0 spiro atoms. The van der Waals surface area contributed by atoms with Crippen LogP contribution in [-0.4, -0.2) is 34.3 Å². The molecule has 0 saturated heterocycles. The number of thiazole rings is 1. The molecule has 28 heavy (non-hydrogen) atoms. The molecule has 0 aliphatic rings. The van der Waals surface area contributed by atoms with Gasteiger partial charge >= 0.3 is 0 Å². The molecule has 2 aromatic carbocycles. The van der Waals surface area contributed by atoms with Crippen LogP contribution in [-0.2, 0) is 0 Å². The standard InChI is InChI=1S/C20H18FN3O3S/c1-9-17(21)14(26-3)7-15-18(9)24-20(28-15)12-5-11(10(2)25)6-13-19(12)22-8-16(23-13)27-4/h5-8,10,25H,1-4H3. The zero-order chi connectivity index (χ0) is 20.0. The molecule has 1 atom stereocenters. The number of halogens is 1. The number of aliphatic hydroxyl groups excluding tert-OH is 1. The fourth-order valence-corrected chi connectivity index (χ4v) is 4.14. The summed E-state index contributed by atoms with van der Waals surface area (Å²) in [6.45, 7) is 3.36. The van der Waals surface area contributed by atoms with Crippen LogP contribution in [0.15, 0.2) is 24.4 Å². The van der Waals surface area contributed by atoms with Crippen LogP contribution < -0.4 is 9.47 Å². The Labute approximate surface area is 164 Å². The molecule has 4 aromatic rings. The van der Waals surface area contributed by atoms with Gasteiger partial charge in [0, 0.05) is 17.2 Å². The second kappa shape index (κ2) is 6.96. The lowest BCUT2D eigenvalue weighted by molar-refractivity contribution is 0.199. The lowest BCUT2D eigenvalue weighted by Gasteiger charge is -2.10. The van der Waals surface area contributed by atoms with Gasteiger partial charge in [-0.2, -0.15) is 0 Å². The predicted octanol–water partition coefficient (Wildman–Crippen LogP) is 4.42. The van der Waals surface area contributed by atoms with Gasteiger partial charge in [0.15, 0.2) is 11.6 Å². The van der Waals surface area contributed by atoms with Crippen LogP contribution in [0.1, 0.15) is 24.2 Å². The second-order valence-corrected chi connectivity index (χ2v) is 7.44. The summed E-state index contributed by atoms with van der Waals surface area (Å²) in [5.74, 6) is 0.152. The summed E-state index contributed by atoms with van der Waals surface area (Å²) >= 11 is 1.41. The van der Waals surface area contributed by atoms with Gasteiger partial charge in [0.05, 0.1) is 47.8 Å². The Morgan fingerprint density at radius 3 is 2.57 bits per heavy atom. The highest BCUT2D eigenvalue weighted by Crippen LogP contribution is 2.39. The van der Waals surface area contributed by atoms with E-state index >= 15 is 0 Å². The van der Waals surface area contributed by atoms with E-state index in [4.69, 9.17) is 9.47 Å². The van der Waals surface area contributed by atoms with Crippen LogP contribution in [0.3, 0.4) is 0 Å². The Hall–Kier alpha value is -2.84. The van der Waals surface area contributed by atoms with E-state index in [1.807, 2.05) is 6.07 Å². The van der Waals surface area contributed by atoms with E-state index in [9.17, 15) is 9.50 Å². The molecule has 0 radical (unpaired) electrons. The van der Waals surface area contributed by atoms with Gasteiger partial charge in [-0.05, 0) is 31.5 Å². The maximum atomic E-state index is 14.4. The zero-order valence-electron chi connectivity index (χ0n) is 15.8. The van der Waals surface area contributed by atoms with E-state index in [1.54, 1.807) is 26.0 Å². The van der Waals surface area contributed by atoms with Crippen molar-refractivity contribution >= 4 is 32.6 Å². The average Bonchev–Trinajstić information content (AvgIpc) is 3.13. The fraction of sp³-hybridized carbons (Fsp3) is 0.250. The summed E-state index contributed by atoms with van der Waals surface area (Å²) in [6, 6.07) is 5.27. The van der Waals surface area contributed by atoms with Gasteiger partial charge in [-0.15, -0.1) is 11.3 Å². The van der Waals surface area contributed by atoms with E-state index in [0.29, 0.717) is 38.6 Å². The van der Waals surface area contributed by atoms with E-state index in [2.05, 4.69) is 15.0 Å². The molecule has 4 rings (SSSR count). The summed E-state index contributed by atoms with van der Waals surface area (Å²) < 4.78 is 25.5. The molecule has 0 aliphatic heterocycles. The van der Waals surface area contributed by atoms with Crippen LogP contribution in [0.2, 0.25) is 0 Å². The number of aromatic nitrogens is 3. The topological polar surface area (TPSA) is 77.4 Å². The van der Waals surface area contributed by atoms with Crippen LogP contribution in [0.4, 0.5) is 4.39 Å². The second-order valence-electron chi connectivity index (χ2n) is 6.41. The molecule has 0 bridgehead atoms. The molecule has 2 heterocycles. The van der Waals surface area contributed by atoms with Crippen molar-refractivity contribution in [3.05, 3.63) is 41.3 Å². The van der Waals surface area contributed by atoms with Crippen molar-refractivity contribution in [1.29, 1.82) is 0 Å². The minimum absolute atomic E-state index is 0.187. The monoisotopic (exact) mass is 399 g/mol. The maximum Gasteiger partial charge on any atom is 0.232 e. The molecule has 0 saturated carbocycles. The summed E-state index contributed by atoms with van der Waals surface area (Å²) in [6.07, 6.45) is 0.847. The van der Waals surface area contributed by atoms with Crippen molar-refractivity contribution in [1.82, 2.24) is 15.0 Å².